The average Bonchev–Trinajstić information content (AvgIpc) is 2.64. The number of likely N-dealkylation sites (tertiary alicyclic amines) is 1. The molecule has 3 nitrogen and oxygen atoms in total. The number of carbonyl (C=O) groups is 1. The first-order chi connectivity index (χ1) is 10.1. The van der Waals surface area contributed by atoms with E-state index in [1.165, 1.54) is 5.56 Å². The Morgan fingerprint density at radius 3 is 2.71 bits per heavy atom. The van der Waals surface area contributed by atoms with E-state index in [4.69, 9.17) is 0 Å². The lowest BCUT2D eigenvalue weighted by Gasteiger charge is -2.25. The zero-order valence-corrected chi connectivity index (χ0v) is 13.2. The van der Waals surface area contributed by atoms with Crippen molar-refractivity contribution in [2.75, 3.05) is 13.6 Å². The standard InChI is InChI=1S/C18H26N2O/c1-4-7-15-9-11-16(12-10-15)18(21)19-17-8-5-6-13-20(3)14(17)2/h9-12,17H,2,4-8,13H2,1,3H3,(H,19,21). The van der Waals surface area contributed by atoms with Crippen LogP contribution in [0.2, 0.25) is 0 Å². The quantitative estimate of drug-likeness (QED) is 0.920. The summed E-state index contributed by atoms with van der Waals surface area (Å²) in [5.74, 6) is -0.000464. The molecule has 1 aromatic rings. The van der Waals surface area contributed by atoms with Crippen LogP contribution in [0.1, 0.15) is 48.5 Å². The number of benzene rings is 1. The van der Waals surface area contributed by atoms with E-state index in [1.807, 2.05) is 31.3 Å². The number of rotatable bonds is 4. The van der Waals surface area contributed by atoms with Gasteiger partial charge in [-0.25, -0.2) is 0 Å². The van der Waals surface area contributed by atoms with E-state index in [1.54, 1.807) is 0 Å². The highest BCUT2D eigenvalue weighted by Crippen LogP contribution is 2.18. The van der Waals surface area contributed by atoms with Crippen LogP contribution in [0.25, 0.3) is 0 Å². The van der Waals surface area contributed by atoms with Crippen molar-refractivity contribution in [1.82, 2.24) is 10.2 Å². The zero-order chi connectivity index (χ0) is 15.2. The van der Waals surface area contributed by atoms with Gasteiger partial charge in [0.15, 0.2) is 0 Å². The van der Waals surface area contributed by atoms with Crippen molar-refractivity contribution in [3.05, 3.63) is 47.7 Å². The molecule has 1 saturated heterocycles. The van der Waals surface area contributed by atoms with Crippen LogP contribution in [0.3, 0.4) is 0 Å². The van der Waals surface area contributed by atoms with Gasteiger partial charge in [0.25, 0.3) is 5.91 Å². The van der Waals surface area contributed by atoms with E-state index in [0.29, 0.717) is 0 Å². The maximum Gasteiger partial charge on any atom is 0.251 e. The molecule has 21 heavy (non-hydrogen) atoms. The normalized spacial score (nSPS) is 19.2. The molecule has 1 aromatic carbocycles. The van der Waals surface area contributed by atoms with Gasteiger partial charge in [-0.05, 0) is 43.4 Å². The summed E-state index contributed by atoms with van der Waals surface area (Å²) in [7, 11) is 2.05. The van der Waals surface area contributed by atoms with Crippen LogP contribution >= 0.6 is 0 Å². The summed E-state index contributed by atoms with van der Waals surface area (Å²) in [5, 5.41) is 3.13. The van der Waals surface area contributed by atoms with E-state index in [2.05, 4.69) is 23.7 Å². The zero-order valence-electron chi connectivity index (χ0n) is 13.2. The van der Waals surface area contributed by atoms with Gasteiger partial charge < -0.3 is 10.2 Å². The number of nitrogens with one attached hydrogen (secondary N) is 1. The summed E-state index contributed by atoms with van der Waals surface area (Å²) in [6.07, 6.45) is 5.45. The Balaban J connectivity index is 2.01. The van der Waals surface area contributed by atoms with Crippen molar-refractivity contribution < 1.29 is 4.79 Å². The van der Waals surface area contributed by atoms with Crippen molar-refractivity contribution >= 4 is 5.91 Å². The molecule has 1 aliphatic rings. The predicted octanol–water partition coefficient (Wildman–Crippen LogP) is 3.37. The van der Waals surface area contributed by atoms with Crippen LogP contribution in [0, 0.1) is 0 Å². The number of hydrogen-bond donors (Lipinski definition) is 1. The highest BCUT2D eigenvalue weighted by molar-refractivity contribution is 5.94. The minimum Gasteiger partial charge on any atom is -0.377 e. The molecule has 114 valence electrons. The fourth-order valence-electron chi connectivity index (χ4n) is 2.78. The van der Waals surface area contributed by atoms with E-state index in [-0.39, 0.29) is 11.9 Å². The molecule has 1 amide bonds. The van der Waals surface area contributed by atoms with Crippen molar-refractivity contribution in [1.29, 1.82) is 0 Å². The van der Waals surface area contributed by atoms with Crippen LogP contribution in [0.15, 0.2) is 36.5 Å². The maximum absolute atomic E-state index is 12.4. The van der Waals surface area contributed by atoms with E-state index >= 15 is 0 Å². The fraction of sp³-hybridized carbons (Fsp3) is 0.500. The Labute approximate surface area is 128 Å². The molecule has 1 unspecified atom stereocenters. The minimum absolute atomic E-state index is 0.000464. The Morgan fingerprint density at radius 1 is 1.33 bits per heavy atom. The molecule has 1 fully saturated rings. The molecule has 1 aliphatic heterocycles. The van der Waals surface area contributed by atoms with Gasteiger partial charge in [-0.1, -0.05) is 32.1 Å². The van der Waals surface area contributed by atoms with E-state index < -0.39 is 0 Å². The smallest absolute Gasteiger partial charge is 0.251 e. The minimum atomic E-state index is -0.000464. The van der Waals surface area contributed by atoms with Crippen LogP contribution in [-0.4, -0.2) is 30.4 Å². The summed E-state index contributed by atoms with van der Waals surface area (Å²) in [5.41, 5.74) is 3.03. The summed E-state index contributed by atoms with van der Waals surface area (Å²) < 4.78 is 0. The molecule has 0 saturated carbocycles. The Morgan fingerprint density at radius 2 is 2.05 bits per heavy atom. The molecular formula is C18H26N2O. The van der Waals surface area contributed by atoms with Crippen molar-refractivity contribution in [3.8, 4) is 0 Å². The van der Waals surface area contributed by atoms with Gasteiger partial charge in [-0.3, -0.25) is 4.79 Å². The summed E-state index contributed by atoms with van der Waals surface area (Å²) >= 11 is 0. The van der Waals surface area contributed by atoms with Gasteiger partial charge in [0.1, 0.15) is 0 Å². The first-order valence-corrected chi connectivity index (χ1v) is 7.91. The highest BCUT2D eigenvalue weighted by Gasteiger charge is 2.21. The average molecular weight is 286 g/mol. The van der Waals surface area contributed by atoms with Crippen molar-refractivity contribution in [2.45, 2.75) is 45.1 Å². The molecule has 1 atom stereocenters. The molecule has 0 radical (unpaired) electrons. The number of carbonyl (C=O) groups excluding carboxylic acids is 1. The SMILES string of the molecule is C=C1C(NC(=O)c2ccc(CCC)cc2)CCCCN1C. The van der Waals surface area contributed by atoms with Crippen LogP contribution < -0.4 is 5.32 Å². The summed E-state index contributed by atoms with van der Waals surface area (Å²) in [6, 6.07) is 7.99. The first-order valence-electron chi connectivity index (χ1n) is 7.91. The lowest BCUT2D eigenvalue weighted by Crippen LogP contribution is -2.39. The molecular weight excluding hydrogens is 260 g/mol. The van der Waals surface area contributed by atoms with Crippen LogP contribution in [0.4, 0.5) is 0 Å². The molecule has 0 bridgehead atoms. The van der Waals surface area contributed by atoms with E-state index in [9.17, 15) is 4.79 Å². The maximum atomic E-state index is 12.4. The topological polar surface area (TPSA) is 32.3 Å². The molecule has 1 N–H and O–H groups in total. The van der Waals surface area contributed by atoms with Gasteiger partial charge >= 0.3 is 0 Å². The molecule has 0 aliphatic carbocycles. The molecule has 0 aromatic heterocycles. The first kappa shape index (κ1) is 15.6. The van der Waals surface area contributed by atoms with Gasteiger partial charge in [0, 0.05) is 24.9 Å². The Kier molecular flexibility index (Phi) is 5.43. The Hall–Kier alpha value is -1.77. The molecule has 1 heterocycles. The summed E-state index contributed by atoms with van der Waals surface area (Å²) in [4.78, 5) is 14.5. The lowest BCUT2D eigenvalue weighted by molar-refractivity contribution is 0.0938. The van der Waals surface area contributed by atoms with Gasteiger partial charge in [-0.15, -0.1) is 0 Å². The number of aryl methyl sites for hydroxylation is 1. The van der Waals surface area contributed by atoms with Gasteiger partial charge in [0.2, 0.25) is 0 Å². The molecule has 0 spiro atoms. The lowest BCUT2D eigenvalue weighted by atomic mass is 10.1. The van der Waals surface area contributed by atoms with Crippen molar-refractivity contribution in [2.24, 2.45) is 0 Å². The van der Waals surface area contributed by atoms with Crippen LogP contribution in [-0.2, 0) is 6.42 Å². The third-order valence-corrected chi connectivity index (χ3v) is 4.19. The summed E-state index contributed by atoms with van der Waals surface area (Å²) in [6.45, 7) is 7.32. The number of nitrogens with zero attached hydrogens (tertiary/aromatic N) is 1. The fourth-order valence-corrected chi connectivity index (χ4v) is 2.78. The second kappa shape index (κ2) is 7.30. The second-order valence-electron chi connectivity index (χ2n) is 5.88. The monoisotopic (exact) mass is 286 g/mol. The van der Waals surface area contributed by atoms with Crippen LogP contribution in [0.5, 0.6) is 0 Å². The second-order valence-corrected chi connectivity index (χ2v) is 5.88. The number of likely N-dealkylation sites (N-methyl/N-ethyl adjacent to an activating group) is 1. The Bertz CT molecular complexity index is 492. The van der Waals surface area contributed by atoms with Gasteiger partial charge in [0.05, 0.1) is 6.04 Å². The third kappa shape index (κ3) is 4.10. The number of hydrogen-bond acceptors (Lipinski definition) is 2. The number of amides is 1. The van der Waals surface area contributed by atoms with Crippen molar-refractivity contribution in [3.63, 3.8) is 0 Å². The van der Waals surface area contributed by atoms with E-state index in [0.717, 1.165) is 49.9 Å². The van der Waals surface area contributed by atoms with Gasteiger partial charge in [-0.2, -0.15) is 0 Å². The molecule has 2 rings (SSSR count). The predicted molar refractivity (Wildman–Crippen MR) is 87.3 cm³/mol. The largest absolute Gasteiger partial charge is 0.377 e. The third-order valence-electron chi connectivity index (χ3n) is 4.19. The highest BCUT2D eigenvalue weighted by atomic mass is 16.1. The molecule has 3 heteroatoms.